The maximum absolute atomic E-state index is 12.6. The fraction of sp³-hybridized carbons (Fsp3) is 0.300. The zero-order valence-electron chi connectivity index (χ0n) is 14.7. The van der Waals surface area contributed by atoms with Crippen molar-refractivity contribution in [1.82, 2.24) is 5.32 Å². The highest BCUT2D eigenvalue weighted by molar-refractivity contribution is 8.00. The van der Waals surface area contributed by atoms with E-state index in [4.69, 9.17) is 4.74 Å². The molecule has 5 heteroatoms. The van der Waals surface area contributed by atoms with Gasteiger partial charge in [-0.05, 0) is 43.2 Å². The van der Waals surface area contributed by atoms with E-state index in [0.29, 0.717) is 12.1 Å². The van der Waals surface area contributed by atoms with E-state index in [1.165, 1.54) is 18.7 Å². The lowest BCUT2D eigenvalue weighted by Gasteiger charge is -2.11. The predicted octanol–water partition coefficient (Wildman–Crippen LogP) is 3.74. The molecule has 0 heterocycles. The first-order valence-corrected chi connectivity index (χ1v) is 9.06. The molecular formula is C20H23NO3S. The molecule has 132 valence electrons. The summed E-state index contributed by atoms with van der Waals surface area (Å²) < 4.78 is 5.14. The van der Waals surface area contributed by atoms with Gasteiger partial charge in [0.05, 0.1) is 12.4 Å². The fourth-order valence-corrected chi connectivity index (χ4v) is 3.31. The minimum atomic E-state index is -0.168. The summed E-state index contributed by atoms with van der Waals surface area (Å²) in [6.45, 7) is 4.03. The number of nitrogens with one attached hydrogen (secondary N) is 1. The number of benzene rings is 2. The van der Waals surface area contributed by atoms with E-state index in [1.807, 2.05) is 55.5 Å². The molecule has 0 aliphatic heterocycles. The van der Waals surface area contributed by atoms with Crippen molar-refractivity contribution in [3.8, 4) is 5.75 Å². The van der Waals surface area contributed by atoms with Crippen LogP contribution in [0.2, 0.25) is 0 Å². The molecule has 1 atom stereocenters. The number of rotatable bonds is 8. The van der Waals surface area contributed by atoms with Crippen LogP contribution in [0.1, 0.15) is 29.8 Å². The van der Waals surface area contributed by atoms with Crippen molar-refractivity contribution < 1.29 is 14.3 Å². The number of ketones is 1. The number of amides is 1. The lowest BCUT2D eigenvalue weighted by atomic mass is 10.0. The van der Waals surface area contributed by atoms with Crippen LogP contribution in [0.3, 0.4) is 0 Å². The molecule has 25 heavy (non-hydrogen) atoms. The number of thioether (sulfide) groups is 1. The second-order valence-electron chi connectivity index (χ2n) is 5.73. The van der Waals surface area contributed by atoms with Crippen LogP contribution >= 0.6 is 11.8 Å². The van der Waals surface area contributed by atoms with Crippen molar-refractivity contribution >= 4 is 23.5 Å². The summed E-state index contributed by atoms with van der Waals surface area (Å²) in [7, 11) is 1.63. The highest BCUT2D eigenvalue weighted by Crippen LogP contribution is 2.27. The molecule has 2 rings (SSSR count). The third-order valence-electron chi connectivity index (χ3n) is 3.77. The zero-order valence-corrected chi connectivity index (χ0v) is 15.6. The SMILES string of the molecule is COc1ccc(SC(C)C(=O)c2ccc(CCNC(C)=O)cc2)cc1. The van der Waals surface area contributed by atoms with Crippen molar-refractivity contribution in [3.63, 3.8) is 0 Å². The molecular weight excluding hydrogens is 334 g/mol. The van der Waals surface area contributed by atoms with Gasteiger partial charge in [0.15, 0.2) is 5.78 Å². The van der Waals surface area contributed by atoms with Gasteiger partial charge in [0.1, 0.15) is 5.75 Å². The number of carbonyl (C=O) groups excluding carboxylic acids is 2. The van der Waals surface area contributed by atoms with Crippen molar-refractivity contribution in [2.75, 3.05) is 13.7 Å². The van der Waals surface area contributed by atoms with Gasteiger partial charge in [-0.25, -0.2) is 0 Å². The topological polar surface area (TPSA) is 55.4 Å². The molecule has 0 bridgehead atoms. The van der Waals surface area contributed by atoms with Gasteiger partial charge in [0, 0.05) is 23.9 Å². The molecule has 0 radical (unpaired) electrons. The molecule has 0 saturated heterocycles. The Bertz CT molecular complexity index is 711. The third kappa shape index (κ3) is 5.94. The summed E-state index contributed by atoms with van der Waals surface area (Å²) in [5, 5.41) is 2.60. The summed E-state index contributed by atoms with van der Waals surface area (Å²) in [5.74, 6) is 0.878. The Hall–Kier alpha value is -2.27. The molecule has 2 aromatic rings. The first-order valence-electron chi connectivity index (χ1n) is 8.18. The Morgan fingerprint density at radius 1 is 1.08 bits per heavy atom. The number of carbonyl (C=O) groups is 2. The Kier molecular flexibility index (Phi) is 7.07. The van der Waals surface area contributed by atoms with E-state index in [9.17, 15) is 9.59 Å². The van der Waals surface area contributed by atoms with E-state index in [2.05, 4.69) is 5.32 Å². The van der Waals surface area contributed by atoms with Crippen LogP contribution in [-0.2, 0) is 11.2 Å². The van der Waals surface area contributed by atoms with Gasteiger partial charge in [-0.2, -0.15) is 0 Å². The third-order valence-corrected chi connectivity index (χ3v) is 4.88. The van der Waals surface area contributed by atoms with Gasteiger partial charge in [-0.15, -0.1) is 11.8 Å². The molecule has 0 fully saturated rings. The monoisotopic (exact) mass is 357 g/mol. The number of hydrogen-bond donors (Lipinski definition) is 1. The van der Waals surface area contributed by atoms with E-state index in [1.54, 1.807) is 7.11 Å². The van der Waals surface area contributed by atoms with E-state index in [0.717, 1.165) is 22.6 Å². The van der Waals surface area contributed by atoms with Crippen LogP contribution < -0.4 is 10.1 Å². The first kappa shape index (κ1) is 19.1. The molecule has 0 aliphatic carbocycles. The van der Waals surface area contributed by atoms with Crippen LogP contribution in [0, 0.1) is 0 Å². The molecule has 1 unspecified atom stereocenters. The molecule has 0 aromatic heterocycles. The Balaban J connectivity index is 1.93. The van der Waals surface area contributed by atoms with Gasteiger partial charge < -0.3 is 10.1 Å². The van der Waals surface area contributed by atoms with E-state index < -0.39 is 0 Å². The summed E-state index contributed by atoms with van der Waals surface area (Å²) in [6, 6.07) is 15.3. The molecule has 0 aliphatic rings. The molecule has 1 N–H and O–H groups in total. The number of methoxy groups -OCH3 is 1. The van der Waals surface area contributed by atoms with Crippen molar-refractivity contribution in [3.05, 3.63) is 59.7 Å². The normalized spacial score (nSPS) is 11.6. The smallest absolute Gasteiger partial charge is 0.216 e. The minimum Gasteiger partial charge on any atom is -0.497 e. The molecule has 1 amide bonds. The van der Waals surface area contributed by atoms with Gasteiger partial charge in [0.25, 0.3) is 0 Å². The van der Waals surface area contributed by atoms with Gasteiger partial charge >= 0.3 is 0 Å². The van der Waals surface area contributed by atoms with Crippen molar-refractivity contribution in [1.29, 1.82) is 0 Å². The molecule has 0 saturated carbocycles. The maximum atomic E-state index is 12.6. The highest BCUT2D eigenvalue weighted by atomic mass is 32.2. The molecule has 0 spiro atoms. The van der Waals surface area contributed by atoms with Gasteiger partial charge in [-0.3, -0.25) is 9.59 Å². The number of Topliss-reactive ketones (excluding diaryl/α,β-unsaturated/α-hetero) is 1. The van der Waals surface area contributed by atoms with Crippen molar-refractivity contribution in [2.24, 2.45) is 0 Å². The van der Waals surface area contributed by atoms with Crippen molar-refractivity contribution in [2.45, 2.75) is 30.4 Å². The number of hydrogen-bond acceptors (Lipinski definition) is 4. The summed E-state index contributed by atoms with van der Waals surface area (Å²) >= 11 is 1.53. The lowest BCUT2D eigenvalue weighted by Crippen LogP contribution is -2.22. The van der Waals surface area contributed by atoms with Crippen LogP contribution in [-0.4, -0.2) is 30.6 Å². The Morgan fingerprint density at radius 2 is 1.72 bits per heavy atom. The first-order chi connectivity index (χ1) is 12.0. The average molecular weight is 357 g/mol. The minimum absolute atomic E-state index is 0.0313. The largest absolute Gasteiger partial charge is 0.497 e. The molecule has 4 nitrogen and oxygen atoms in total. The summed E-state index contributed by atoms with van der Waals surface area (Å²) in [5.41, 5.74) is 1.80. The number of ether oxygens (including phenoxy) is 1. The Morgan fingerprint density at radius 3 is 2.28 bits per heavy atom. The standard InChI is InChI=1S/C20H23NO3S/c1-14(25-19-10-8-18(24-3)9-11-19)20(23)17-6-4-16(5-7-17)12-13-21-15(2)22/h4-11,14H,12-13H2,1-3H3,(H,21,22). The maximum Gasteiger partial charge on any atom is 0.216 e. The van der Waals surface area contributed by atoms with E-state index in [-0.39, 0.29) is 16.9 Å². The second-order valence-corrected chi connectivity index (χ2v) is 7.14. The average Bonchev–Trinajstić information content (AvgIpc) is 2.62. The summed E-state index contributed by atoms with van der Waals surface area (Å²) in [4.78, 5) is 24.5. The fourth-order valence-electron chi connectivity index (χ4n) is 2.37. The predicted molar refractivity (Wildman–Crippen MR) is 101 cm³/mol. The second kappa shape index (κ2) is 9.28. The van der Waals surface area contributed by atoms with Crippen LogP contribution in [0.25, 0.3) is 0 Å². The highest BCUT2D eigenvalue weighted by Gasteiger charge is 2.16. The van der Waals surface area contributed by atoms with Gasteiger partial charge in [-0.1, -0.05) is 24.3 Å². The van der Waals surface area contributed by atoms with Crippen LogP contribution in [0.15, 0.2) is 53.4 Å². The van der Waals surface area contributed by atoms with Gasteiger partial charge in [0.2, 0.25) is 5.91 Å². The summed E-state index contributed by atoms with van der Waals surface area (Å²) in [6.07, 6.45) is 0.754. The van der Waals surface area contributed by atoms with Crippen LogP contribution in [0.5, 0.6) is 5.75 Å². The van der Waals surface area contributed by atoms with E-state index >= 15 is 0 Å². The lowest BCUT2D eigenvalue weighted by molar-refractivity contribution is -0.118. The zero-order chi connectivity index (χ0) is 18.2. The molecule has 2 aromatic carbocycles. The quantitative estimate of drug-likeness (QED) is 0.578. The Labute approximate surface area is 153 Å². The van der Waals surface area contributed by atoms with Crippen LogP contribution in [0.4, 0.5) is 0 Å².